The third-order valence-electron chi connectivity index (χ3n) is 2.87. The molecule has 19 heavy (non-hydrogen) atoms. The summed E-state index contributed by atoms with van der Waals surface area (Å²) in [6.07, 6.45) is -0.127. The standard InChI is InChI=1S/C15H21NO3/c1-10(16-14(17)19-15(2,3)4)11-5-7-12(8-6-11)13-9-18-13/h5-8,10,13H,9H2,1-4H3,(H,16,17)/t10-,13?/m0/s1. The molecule has 1 aliphatic heterocycles. The molecule has 4 heteroatoms. The Morgan fingerprint density at radius 3 is 2.42 bits per heavy atom. The maximum atomic E-state index is 11.7. The molecule has 2 atom stereocenters. The SMILES string of the molecule is C[C@H](NC(=O)OC(C)(C)C)c1ccc(C2CO2)cc1. The molecule has 0 spiro atoms. The van der Waals surface area contributed by atoms with E-state index in [1.165, 1.54) is 5.56 Å². The highest BCUT2D eigenvalue weighted by atomic mass is 16.6. The molecular formula is C15H21NO3. The summed E-state index contributed by atoms with van der Waals surface area (Å²) in [6, 6.07) is 8.03. The fourth-order valence-electron chi connectivity index (χ4n) is 1.81. The minimum atomic E-state index is -0.475. The minimum absolute atomic E-state index is 0.0796. The van der Waals surface area contributed by atoms with Crippen molar-refractivity contribution in [3.8, 4) is 0 Å². The summed E-state index contributed by atoms with van der Waals surface area (Å²) in [6.45, 7) is 8.29. The fourth-order valence-corrected chi connectivity index (χ4v) is 1.81. The molecule has 1 fully saturated rings. The van der Waals surface area contributed by atoms with Gasteiger partial charge in [-0.05, 0) is 38.8 Å². The summed E-state index contributed by atoms with van der Waals surface area (Å²) >= 11 is 0. The van der Waals surface area contributed by atoms with E-state index in [0.717, 1.165) is 12.2 Å². The van der Waals surface area contributed by atoms with Gasteiger partial charge < -0.3 is 14.8 Å². The molecule has 1 amide bonds. The van der Waals surface area contributed by atoms with Gasteiger partial charge in [-0.25, -0.2) is 4.79 Å². The average molecular weight is 263 g/mol. The fraction of sp³-hybridized carbons (Fsp3) is 0.533. The zero-order valence-corrected chi connectivity index (χ0v) is 11.9. The van der Waals surface area contributed by atoms with Crippen LogP contribution in [0, 0.1) is 0 Å². The van der Waals surface area contributed by atoms with E-state index in [1.54, 1.807) is 0 Å². The molecule has 1 saturated heterocycles. The van der Waals surface area contributed by atoms with E-state index in [1.807, 2.05) is 52.0 Å². The van der Waals surface area contributed by atoms with Crippen molar-refractivity contribution in [2.45, 2.75) is 45.4 Å². The van der Waals surface area contributed by atoms with E-state index >= 15 is 0 Å². The Bertz CT molecular complexity index is 443. The van der Waals surface area contributed by atoms with Crippen LogP contribution in [-0.4, -0.2) is 18.3 Å². The zero-order valence-electron chi connectivity index (χ0n) is 11.9. The van der Waals surface area contributed by atoms with Crippen LogP contribution in [0.4, 0.5) is 4.79 Å². The molecule has 1 aliphatic rings. The molecule has 1 N–H and O–H groups in total. The lowest BCUT2D eigenvalue weighted by atomic mass is 10.1. The van der Waals surface area contributed by atoms with Gasteiger partial charge in [0.25, 0.3) is 0 Å². The second-order valence-corrected chi connectivity index (χ2v) is 5.86. The third-order valence-corrected chi connectivity index (χ3v) is 2.87. The molecule has 4 nitrogen and oxygen atoms in total. The van der Waals surface area contributed by atoms with E-state index in [-0.39, 0.29) is 12.1 Å². The predicted octanol–water partition coefficient (Wildman–Crippen LogP) is 3.34. The minimum Gasteiger partial charge on any atom is -0.444 e. The van der Waals surface area contributed by atoms with Crippen LogP contribution >= 0.6 is 0 Å². The lowest BCUT2D eigenvalue weighted by Crippen LogP contribution is -2.34. The van der Waals surface area contributed by atoms with E-state index in [0.29, 0.717) is 0 Å². The maximum Gasteiger partial charge on any atom is 0.408 e. The summed E-state index contributed by atoms with van der Waals surface area (Å²) in [5.41, 5.74) is 1.76. The van der Waals surface area contributed by atoms with Gasteiger partial charge in [0.15, 0.2) is 0 Å². The molecule has 1 aromatic rings. The highest BCUT2D eigenvalue weighted by Crippen LogP contribution is 2.30. The Morgan fingerprint density at radius 1 is 1.37 bits per heavy atom. The Kier molecular flexibility index (Phi) is 3.80. The van der Waals surface area contributed by atoms with Gasteiger partial charge in [-0.2, -0.15) is 0 Å². The summed E-state index contributed by atoms with van der Waals surface area (Å²) in [5.74, 6) is 0. The Labute approximate surface area is 114 Å². The van der Waals surface area contributed by atoms with Gasteiger partial charge in [-0.1, -0.05) is 24.3 Å². The average Bonchev–Trinajstić information content (AvgIpc) is 3.10. The number of nitrogens with one attached hydrogen (secondary N) is 1. The Balaban J connectivity index is 1.91. The number of amides is 1. The lowest BCUT2D eigenvalue weighted by Gasteiger charge is -2.22. The topological polar surface area (TPSA) is 50.9 Å². The number of carbonyl (C=O) groups excluding carboxylic acids is 1. The molecule has 0 aromatic heterocycles. The van der Waals surface area contributed by atoms with E-state index in [4.69, 9.17) is 9.47 Å². The number of ether oxygens (including phenoxy) is 2. The number of alkyl carbamates (subject to hydrolysis) is 1. The second kappa shape index (κ2) is 5.21. The zero-order chi connectivity index (χ0) is 14.0. The van der Waals surface area contributed by atoms with Crippen molar-refractivity contribution in [3.63, 3.8) is 0 Å². The van der Waals surface area contributed by atoms with Gasteiger partial charge in [0, 0.05) is 0 Å². The normalized spacial score (nSPS) is 19.7. The number of carbonyl (C=O) groups is 1. The van der Waals surface area contributed by atoms with Crippen molar-refractivity contribution in [2.75, 3.05) is 6.61 Å². The van der Waals surface area contributed by atoms with Gasteiger partial charge in [-0.3, -0.25) is 0 Å². The highest BCUT2D eigenvalue weighted by Gasteiger charge is 2.24. The van der Waals surface area contributed by atoms with Gasteiger partial charge in [0.2, 0.25) is 0 Å². The van der Waals surface area contributed by atoms with Crippen molar-refractivity contribution in [1.82, 2.24) is 5.32 Å². The molecular weight excluding hydrogens is 242 g/mol. The van der Waals surface area contributed by atoms with Crippen LogP contribution in [-0.2, 0) is 9.47 Å². The Hall–Kier alpha value is -1.55. The first-order valence-electron chi connectivity index (χ1n) is 6.56. The number of hydrogen-bond donors (Lipinski definition) is 1. The summed E-state index contributed by atoms with van der Waals surface area (Å²) < 4.78 is 10.5. The molecule has 0 radical (unpaired) electrons. The van der Waals surface area contributed by atoms with Crippen molar-refractivity contribution < 1.29 is 14.3 Å². The summed E-state index contributed by atoms with van der Waals surface area (Å²) in [5, 5.41) is 2.82. The number of rotatable bonds is 3. The van der Waals surface area contributed by atoms with Crippen LogP contribution in [0.2, 0.25) is 0 Å². The smallest absolute Gasteiger partial charge is 0.408 e. The molecule has 104 valence electrons. The molecule has 0 bridgehead atoms. The molecule has 1 heterocycles. The maximum absolute atomic E-state index is 11.7. The Morgan fingerprint density at radius 2 is 1.95 bits per heavy atom. The first-order chi connectivity index (χ1) is 8.85. The largest absolute Gasteiger partial charge is 0.444 e. The number of epoxide rings is 1. The van der Waals surface area contributed by atoms with Crippen molar-refractivity contribution in [1.29, 1.82) is 0 Å². The lowest BCUT2D eigenvalue weighted by molar-refractivity contribution is 0.0508. The van der Waals surface area contributed by atoms with Crippen molar-refractivity contribution in [3.05, 3.63) is 35.4 Å². The molecule has 0 aliphatic carbocycles. The molecule has 0 saturated carbocycles. The first-order valence-corrected chi connectivity index (χ1v) is 6.56. The van der Waals surface area contributed by atoms with Crippen LogP contribution in [0.3, 0.4) is 0 Å². The van der Waals surface area contributed by atoms with Gasteiger partial charge in [-0.15, -0.1) is 0 Å². The van der Waals surface area contributed by atoms with Gasteiger partial charge in [0.1, 0.15) is 11.7 Å². The van der Waals surface area contributed by atoms with Crippen LogP contribution in [0.1, 0.15) is 51.0 Å². The summed E-state index contributed by atoms with van der Waals surface area (Å²) in [7, 11) is 0. The van der Waals surface area contributed by atoms with E-state index < -0.39 is 11.7 Å². The first kappa shape index (κ1) is 13.9. The number of benzene rings is 1. The monoisotopic (exact) mass is 263 g/mol. The summed E-state index contributed by atoms with van der Waals surface area (Å²) in [4.78, 5) is 11.7. The van der Waals surface area contributed by atoms with E-state index in [2.05, 4.69) is 5.32 Å². The third kappa shape index (κ3) is 4.24. The highest BCUT2D eigenvalue weighted by molar-refractivity contribution is 5.68. The van der Waals surface area contributed by atoms with Gasteiger partial charge >= 0.3 is 6.09 Å². The van der Waals surface area contributed by atoms with Crippen LogP contribution in [0.25, 0.3) is 0 Å². The van der Waals surface area contributed by atoms with Crippen LogP contribution in [0.15, 0.2) is 24.3 Å². The predicted molar refractivity (Wildman–Crippen MR) is 72.9 cm³/mol. The van der Waals surface area contributed by atoms with Gasteiger partial charge in [0.05, 0.1) is 12.6 Å². The second-order valence-electron chi connectivity index (χ2n) is 5.86. The molecule has 1 aromatic carbocycles. The van der Waals surface area contributed by atoms with Crippen molar-refractivity contribution in [2.24, 2.45) is 0 Å². The quantitative estimate of drug-likeness (QED) is 0.851. The van der Waals surface area contributed by atoms with Crippen LogP contribution < -0.4 is 5.32 Å². The van der Waals surface area contributed by atoms with Crippen molar-refractivity contribution >= 4 is 6.09 Å². The van der Waals surface area contributed by atoms with E-state index in [9.17, 15) is 4.79 Å². The number of hydrogen-bond acceptors (Lipinski definition) is 3. The molecule has 1 unspecified atom stereocenters. The molecule has 2 rings (SSSR count). The van der Waals surface area contributed by atoms with Crippen LogP contribution in [0.5, 0.6) is 0 Å².